The molecule has 0 unspecified atom stereocenters. The lowest BCUT2D eigenvalue weighted by molar-refractivity contribution is -0.122. The molecule has 1 aliphatic heterocycles. The minimum Gasteiger partial charge on any atom is -0.300 e. The maximum absolute atomic E-state index is 11.2. The van der Waals surface area contributed by atoms with E-state index in [0.717, 1.165) is 37.5 Å². The Balaban J connectivity index is 1.83. The van der Waals surface area contributed by atoms with E-state index in [4.69, 9.17) is 0 Å². The Hall–Kier alpha value is -0.740. The number of carbonyl (C=O) groups is 1. The number of likely N-dealkylation sites (tertiary alicyclic amines) is 1. The SMILES string of the molecule is CC(=O)C1CCN(Cc2cnc(C)s2)CC1. The molecule has 0 aromatic carbocycles. The van der Waals surface area contributed by atoms with Gasteiger partial charge in [-0.1, -0.05) is 0 Å². The molecule has 4 heteroatoms. The lowest BCUT2D eigenvalue weighted by atomic mass is 9.93. The molecule has 1 aromatic rings. The van der Waals surface area contributed by atoms with Crippen molar-refractivity contribution in [3.05, 3.63) is 16.1 Å². The number of aryl methyl sites for hydroxylation is 1. The van der Waals surface area contributed by atoms with Gasteiger partial charge in [-0.3, -0.25) is 9.69 Å². The van der Waals surface area contributed by atoms with Gasteiger partial charge < -0.3 is 0 Å². The Kier molecular flexibility index (Phi) is 3.71. The first-order chi connectivity index (χ1) is 7.65. The molecule has 16 heavy (non-hydrogen) atoms. The van der Waals surface area contributed by atoms with E-state index in [9.17, 15) is 4.79 Å². The van der Waals surface area contributed by atoms with Crippen molar-refractivity contribution in [3.8, 4) is 0 Å². The molecule has 0 N–H and O–H groups in total. The van der Waals surface area contributed by atoms with Crippen LogP contribution in [0.2, 0.25) is 0 Å². The highest BCUT2D eigenvalue weighted by Crippen LogP contribution is 2.21. The van der Waals surface area contributed by atoms with E-state index in [1.807, 2.05) is 13.1 Å². The zero-order chi connectivity index (χ0) is 11.5. The van der Waals surface area contributed by atoms with Gasteiger partial charge in [-0.2, -0.15) is 0 Å². The first kappa shape index (κ1) is 11.7. The number of carbonyl (C=O) groups excluding carboxylic acids is 1. The number of hydrogen-bond donors (Lipinski definition) is 0. The summed E-state index contributed by atoms with van der Waals surface area (Å²) < 4.78 is 0. The molecule has 0 spiro atoms. The summed E-state index contributed by atoms with van der Waals surface area (Å²) in [4.78, 5) is 19.3. The monoisotopic (exact) mass is 238 g/mol. The molecular formula is C12H18N2OS. The van der Waals surface area contributed by atoms with Gasteiger partial charge in [0.1, 0.15) is 5.78 Å². The minimum absolute atomic E-state index is 0.305. The van der Waals surface area contributed by atoms with E-state index in [1.54, 1.807) is 18.3 Å². The molecule has 2 rings (SSSR count). The lowest BCUT2D eigenvalue weighted by Crippen LogP contribution is -2.35. The predicted octanol–water partition coefficient (Wildman–Crippen LogP) is 2.25. The van der Waals surface area contributed by atoms with Crippen LogP contribution in [0.15, 0.2) is 6.20 Å². The molecule has 0 bridgehead atoms. The highest BCUT2D eigenvalue weighted by Gasteiger charge is 2.22. The topological polar surface area (TPSA) is 33.2 Å². The fourth-order valence-corrected chi connectivity index (χ4v) is 3.03. The quantitative estimate of drug-likeness (QED) is 0.810. The number of piperidine rings is 1. The third-order valence-electron chi connectivity index (χ3n) is 3.21. The molecule has 0 amide bonds. The van der Waals surface area contributed by atoms with Crippen molar-refractivity contribution in [2.24, 2.45) is 5.92 Å². The average Bonchev–Trinajstić information content (AvgIpc) is 2.65. The first-order valence-corrected chi connectivity index (χ1v) is 6.61. The van der Waals surface area contributed by atoms with Crippen LogP contribution in [0.3, 0.4) is 0 Å². The fraction of sp³-hybridized carbons (Fsp3) is 0.667. The van der Waals surface area contributed by atoms with Crippen molar-refractivity contribution in [2.45, 2.75) is 33.2 Å². The van der Waals surface area contributed by atoms with E-state index in [1.165, 1.54) is 4.88 Å². The number of Topliss-reactive ketones (excluding diaryl/α,β-unsaturated/α-hetero) is 1. The molecule has 0 atom stereocenters. The van der Waals surface area contributed by atoms with E-state index >= 15 is 0 Å². The number of hydrogen-bond acceptors (Lipinski definition) is 4. The predicted molar refractivity (Wildman–Crippen MR) is 65.5 cm³/mol. The van der Waals surface area contributed by atoms with Crippen molar-refractivity contribution in [1.82, 2.24) is 9.88 Å². The summed E-state index contributed by atoms with van der Waals surface area (Å²) in [5.41, 5.74) is 0. The standard InChI is InChI=1S/C12H18N2OS/c1-9(15)11-3-5-14(6-4-11)8-12-7-13-10(2)16-12/h7,11H,3-6,8H2,1-2H3. The van der Waals surface area contributed by atoms with Gasteiger partial charge in [-0.05, 0) is 39.8 Å². The van der Waals surface area contributed by atoms with Crippen LogP contribution in [0, 0.1) is 12.8 Å². The first-order valence-electron chi connectivity index (χ1n) is 5.79. The van der Waals surface area contributed by atoms with Crippen LogP contribution in [0.25, 0.3) is 0 Å². The van der Waals surface area contributed by atoms with E-state index in [-0.39, 0.29) is 0 Å². The number of ketones is 1. The zero-order valence-electron chi connectivity index (χ0n) is 9.90. The van der Waals surface area contributed by atoms with Gasteiger partial charge >= 0.3 is 0 Å². The summed E-state index contributed by atoms with van der Waals surface area (Å²) in [6.07, 6.45) is 4.01. The summed E-state index contributed by atoms with van der Waals surface area (Å²) in [7, 11) is 0. The molecule has 1 fully saturated rings. The summed E-state index contributed by atoms with van der Waals surface area (Å²) >= 11 is 1.77. The summed E-state index contributed by atoms with van der Waals surface area (Å²) in [5, 5.41) is 1.13. The van der Waals surface area contributed by atoms with Crippen molar-refractivity contribution < 1.29 is 4.79 Å². The molecule has 0 saturated carbocycles. The Bertz CT molecular complexity index is 367. The normalized spacial score (nSPS) is 18.9. The highest BCUT2D eigenvalue weighted by atomic mass is 32.1. The van der Waals surface area contributed by atoms with Crippen LogP contribution in [0.1, 0.15) is 29.7 Å². The van der Waals surface area contributed by atoms with Crippen LogP contribution >= 0.6 is 11.3 Å². The molecule has 3 nitrogen and oxygen atoms in total. The second-order valence-corrected chi connectivity index (χ2v) is 5.83. The van der Waals surface area contributed by atoms with Gasteiger partial charge in [0.15, 0.2) is 0 Å². The summed E-state index contributed by atoms with van der Waals surface area (Å²) in [5.74, 6) is 0.660. The van der Waals surface area contributed by atoms with Gasteiger partial charge in [0, 0.05) is 23.5 Å². The number of aromatic nitrogens is 1. The third-order valence-corrected chi connectivity index (χ3v) is 4.11. The van der Waals surface area contributed by atoms with Crippen molar-refractivity contribution in [3.63, 3.8) is 0 Å². The van der Waals surface area contributed by atoms with E-state index in [2.05, 4.69) is 9.88 Å². The van der Waals surface area contributed by atoms with E-state index < -0.39 is 0 Å². The van der Waals surface area contributed by atoms with Gasteiger partial charge in [0.05, 0.1) is 5.01 Å². The van der Waals surface area contributed by atoms with E-state index in [0.29, 0.717) is 11.7 Å². The maximum Gasteiger partial charge on any atom is 0.133 e. The lowest BCUT2D eigenvalue weighted by Gasteiger charge is -2.30. The molecule has 0 aliphatic carbocycles. The minimum atomic E-state index is 0.305. The Morgan fingerprint density at radius 1 is 1.56 bits per heavy atom. The van der Waals surface area contributed by atoms with Crippen LogP contribution in [-0.4, -0.2) is 28.8 Å². The van der Waals surface area contributed by atoms with Crippen LogP contribution in [0.5, 0.6) is 0 Å². The average molecular weight is 238 g/mol. The van der Waals surface area contributed by atoms with Gasteiger partial charge in [-0.25, -0.2) is 4.98 Å². The Labute approximate surface area is 100 Å². The van der Waals surface area contributed by atoms with Crippen LogP contribution < -0.4 is 0 Å². The number of nitrogens with zero attached hydrogens (tertiary/aromatic N) is 2. The van der Waals surface area contributed by atoms with Gasteiger partial charge in [0.25, 0.3) is 0 Å². The molecule has 1 aliphatic rings. The van der Waals surface area contributed by atoms with Crippen LogP contribution in [-0.2, 0) is 11.3 Å². The molecule has 2 heterocycles. The largest absolute Gasteiger partial charge is 0.300 e. The third kappa shape index (κ3) is 2.89. The Morgan fingerprint density at radius 3 is 2.75 bits per heavy atom. The second-order valence-electron chi connectivity index (χ2n) is 4.51. The Morgan fingerprint density at radius 2 is 2.25 bits per heavy atom. The van der Waals surface area contributed by atoms with Crippen molar-refractivity contribution in [1.29, 1.82) is 0 Å². The molecule has 0 radical (unpaired) electrons. The van der Waals surface area contributed by atoms with Gasteiger partial charge in [0.2, 0.25) is 0 Å². The highest BCUT2D eigenvalue weighted by molar-refractivity contribution is 7.11. The number of thiazole rings is 1. The zero-order valence-corrected chi connectivity index (χ0v) is 10.7. The molecule has 1 saturated heterocycles. The van der Waals surface area contributed by atoms with Crippen molar-refractivity contribution in [2.75, 3.05) is 13.1 Å². The number of rotatable bonds is 3. The summed E-state index contributed by atoms with van der Waals surface area (Å²) in [6, 6.07) is 0. The second kappa shape index (κ2) is 5.06. The fourth-order valence-electron chi connectivity index (χ4n) is 2.20. The van der Waals surface area contributed by atoms with Crippen LogP contribution in [0.4, 0.5) is 0 Å². The summed E-state index contributed by atoms with van der Waals surface area (Å²) in [6.45, 7) is 6.83. The van der Waals surface area contributed by atoms with Crippen molar-refractivity contribution >= 4 is 17.1 Å². The smallest absolute Gasteiger partial charge is 0.133 e. The molecule has 1 aromatic heterocycles. The maximum atomic E-state index is 11.2. The molecular weight excluding hydrogens is 220 g/mol. The van der Waals surface area contributed by atoms with Gasteiger partial charge in [-0.15, -0.1) is 11.3 Å². The molecule has 88 valence electrons.